The zero-order chi connectivity index (χ0) is 16.8. The first-order valence-electron chi connectivity index (χ1n) is 7.63. The molecule has 2 aromatic carbocycles. The van der Waals surface area contributed by atoms with Gasteiger partial charge in [-0.05, 0) is 37.3 Å². The van der Waals surface area contributed by atoms with Crippen molar-refractivity contribution in [3.8, 4) is 22.8 Å². The molecule has 0 aliphatic rings. The minimum atomic E-state index is -0.199. The molecule has 0 aliphatic carbocycles. The van der Waals surface area contributed by atoms with Crippen LogP contribution in [0.5, 0.6) is 11.5 Å². The topological polar surface area (TPSA) is 79.8 Å². The Morgan fingerprint density at radius 3 is 2.62 bits per heavy atom. The van der Waals surface area contributed by atoms with Crippen LogP contribution < -0.4 is 5.56 Å². The fraction of sp³-hybridized carbons (Fsp3) is 0.111. The molecule has 0 saturated carbocycles. The van der Waals surface area contributed by atoms with Crippen molar-refractivity contribution in [1.29, 1.82) is 0 Å². The van der Waals surface area contributed by atoms with E-state index in [1.54, 1.807) is 22.9 Å². The molecule has 2 aromatic heterocycles. The zero-order valence-electron chi connectivity index (χ0n) is 13.0. The summed E-state index contributed by atoms with van der Waals surface area (Å²) in [6.45, 7) is 2.40. The zero-order valence-corrected chi connectivity index (χ0v) is 13.0. The molecular formula is C18H15N3O3. The van der Waals surface area contributed by atoms with Crippen molar-refractivity contribution in [3.63, 3.8) is 0 Å². The SMILES string of the molecule is CCn1c(=O)c2ccccc2n2c(-c3ccc(O)c(O)c3)cnc12. The van der Waals surface area contributed by atoms with Gasteiger partial charge in [-0.3, -0.25) is 13.8 Å². The molecule has 4 aromatic rings. The second-order valence-corrected chi connectivity index (χ2v) is 5.55. The van der Waals surface area contributed by atoms with Crippen molar-refractivity contribution in [1.82, 2.24) is 14.0 Å². The lowest BCUT2D eigenvalue weighted by molar-refractivity contribution is 0.404. The van der Waals surface area contributed by atoms with Gasteiger partial charge in [0, 0.05) is 12.1 Å². The van der Waals surface area contributed by atoms with E-state index in [-0.39, 0.29) is 17.1 Å². The molecule has 0 fully saturated rings. The molecule has 4 rings (SSSR count). The van der Waals surface area contributed by atoms with Crippen LogP contribution in [-0.2, 0) is 6.54 Å². The van der Waals surface area contributed by atoms with E-state index in [1.165, 1.54) is 12.1 Å². The summed E-state index contributed by atoms with van der Waals surface area (Å²) < 4.78 is 3.51. The number of hydrogen-bond donors (Lipinski definition) is 2. The number of rotatable bonds is 2. The molecule has 0 radical (unpaired) electrons. The summed E-state index contributed by atoms with van der Waals surface area (Å²) in [6, 6.07) is 12.0. The summed E-state index contributed by atoms with van der Waals surface area (Å²) in [4.78, 5) is 17.1. The highest BCUT2D eigenvalue weighted by Crippen LogP contribution is 2.31. The standard InChI is InChI=1S/C18H15N3O3/c1-2-20-17(24)12-5-3-4-6-13(12)21-14(10-19-18(20)21)11-7-8-15(22)16(23)9-11/h3-10,22-23H,2H2,1H3. The Hall–Kier alpha value is -3.28. The Labute approximate surface area is 136 Å². The van der Waals surface area contributed by atoms with Crippen LogP contribution in [0.3, 0.4) is 0 Å². The molecule has 2 N–H and O–H groups in total. The Morgan fingerprint density at radius 2 is 1.88 bits per heavy atom. The maximum atomic E-state index is 12.7. The highest BCUT2D eigenvalue weighted by molar-refractivity contribution is 5.83. The van der Waals surface area contributed by atoms with Crippen molar-refractivity contribution in [2.24, 2.45) is 0 Å². The van der Waals surface area contributed by atoms with Gasteiger partial charge in [0.05, 0.1) is 22.8 Å². The summed E-state index contributed by atoms with van der Waals surface area (Å²) in [6.07, 6.45) is 1.67. The van der Waals surface area contributed by atoms with Gasteiger partial charge in [0.2, 0.25) is 5.78 Å². The monoisotopic (exact) mass is 321 g/mol. The lowest BCUT2D eigenvalue weighted by atomic mass is 10.1. The van der Waals surface area contributed by atoms with Gasteiger partial charge in [0.1, 0.15) is 0 Å². The molecule has 0 unspecified atom stereocenters. The highest BCUT2D eigenvalue weighted by atomic mass is 16.3. The van der Waals surface area contributed by atoms with Crippen LogP contribution in [0.4, 0.5) is 0 Å². The van der Waals surface area contributed by atoms with Crippen LogP contribution in [0.15, 0.2) is 53.5 Å². The Balaban J connectivity index is 2.17. The lowest BCUT2D eigenvalue weighted by Crippen LogP contribution is -2.22. The predicted molar refractivity (Wildman–Crippen MR) is 91.4 cm³/mol. The number of imidazole rings is 1. The van der Waals surface area contributed by atoms with E-state index >= 15 is 0 Å². The summed E-state index contributed by atoms with van der Waals surface area (Å²) in [5.41, 5.74) is 2.11. The van der Waals surface area contributed by atoms with Gasteiger partial charge in [-0.25, -0.2) is 4.98 Å². The van der Waals surface area contributed by atoms with E-state index in [4.69, 9.17) is 0 Å². The summed E-state index contributed by atoms with van der Waals surface area (Å²) in [7, 11) is 0. The minimum absolute atomic E-state index is 0.0775. The van der Waals surface area contributed by atoms with Crippen LogP contribution in [0.25, 0.3) is 27.9 Å². The first-order valence-corrected chi connectivity index (χ1v) is 7.63. The van der Waals surface area contributed by atoms with Crippen LogP contribution >= 0.6 is 0 Å². The van der Waals surface area contributed by atoms with E-state index in [0.717, 1.165) is 11.2 Å². The van der Waals surface area contributed by atoms with E-state index in [0.29, 0.717) is 23.3 Å². The molecule has 24 heavy (non-hydrogen) atoms. The summed E-state index contributed by atoms with van der Waals surface area (Å²) in [5.74, 6) is 0.169. The van der Waals surface area contributed by atoms with Gasteiger partial charge in [-0.15, -0.1) is 0 Å². The van der Waals surface area contributed by atoms with Gasteiger partial charge in [-0.1, -0.05) is 12.1 Å². The number of para-hydroxylation sites is 1. The molecule has 0 bridgehead atoms. The third-order valence-electron chi connectivity index (χ3n) is 4.19. The quantitative estimate of drug-likeness (QED) is 0.556. The average molecular weight is 321 g/mol. The molecule has 6 heteroatoms. The molecule has 0 amide bonds. The first-order chi connectivity index (χ1) is 11.6. The van der Waals surface area contributed by atoms with Gasteiger partial charge in [-0.2, -0.15) is 0 Å². The Bertz CT molecular complexity index is 1140. The van der Waals surface area contributed by atoms with E-state index < -0.39 is 0 Å². The van der Waals surface area contributed by atoms with E-state index in [1.807, 2.05) is 29.5 Å². The third kappa shape index (κ3) is 1.89. The van der Waals surface area contributed by atoms with Crippen molar-refractivity contribution >= 4 is 16.7 Å². The number of aryl methyl sites for hydroxylation is 1. The normalized spacial score (nSPS) is 11.4. The first kappa shape index (κ1) is 14.3. The average Bonchev–Trinajstić information content (AvgIpc) is 3.03. The largest absolute Gasteiger partial charge is 0.504 e. The lowest BCUT2D eigenvalue weighted by Gasteiger charge is -2.11. The van der Waals surface area contributed by atoms with Crippen molar-refractivity contribution in [2.75, 3.05) is 0 Å². The summed E-state index contributed by atoms with van der Waals surface area (Å²) >= 11 is 0. The number of phenols is 2. The molecule has 0 aliphatic heterocycles. The number of fused-ring (bicyclic) bond motifs is 3. The van der Waals surface area contributed by atoms with Gasteiger partial charge >= 0.3 is 0 Å². The van der Waals surface area contributed by atoms with Gasteiger partial charge < -0.3 is 10.2 Å². The van der Waals surface area contributed by atoms with Crippen LogP contribution in [-0.4, -0.2) is 24.2 Å². The molecule has 6 nitrogen and oxygen atoms in total. The number of phenolic OH excluding ortho intramolecular Hbond substituents is 2. The fourth-order valence-corrected chi connectivity index (χ4v) is 3.03. The van der Waals surface area contributed by atoms with Crippen LogP contribution in [0.2, 0.25) is 0 Å². The predicted octanol–water partition coefficient (Wildman–Crippen LogP) is 2.75. The second kappa shape index (κ2) is 5.13. The Kier molecular flexibility index (Phi) is 3.06. The fourth-order valence-electron chi connectivity index (χ4n) is 3.03. The second-order valence-electron chi connectivity index (χ2n) is 5.55. The molecule has 2 heterocycles. The maximum Gasteiger partial charge on any atom is 0.262 e. The molecular weight excluding hydrogens is 306 g/mol. The number of aromatic nitrogens is 3. The molecule has 0 saturated heterocycles. The molecule has 120 valence electrons. The number of nitrogens with zero attached hydrogens (tertiary/aromatic N) is 3. The maximum absolute atomic E-state index is 12.7. The van der Waals surface area contributed by atoms with Crippen molar-refractivity contribution in [2.45, 2.75) is 13.5 Å². The number of benzene rings is 2. The Morgan fingerprint density at radius 1 is 1.08 bits per heavy atom. The number of hydrogen-bond acceptors (Lipinski definition) is 4. The van der Waals surface area contributed by atoms with Crippen molar-refractivity contribution in [3.05, 3.63) is 59.0 Å². The smallest absolute Gasteiger partial charge is 0.262 e. The molecule has 0 atom stereocenters. The third-order valence-corrected chi connectivity index (χ3v) is 4.19. The van der Waals surface area contributed by atoms with Gasteiger partial charge in [0.15, 0.2) is 11.5 Å². The summed E-state index contributed by atoms with van der Waals surface area (Å²) in [5, 5.41) is 19.9. The van der Waals surface area contributed by atoms with E-state index in [9.17, 15) is 15.0 Å². The van der Waals surface area contributed by atoms with Crippen molar-refractivity contribution < 1.29 is 10.2 Å². The van der Waals surface area contributed by atoms with Crippen LogP contribution in [0, 0.1) is 0 Å². The molecule has 0 spiro atoms. The minimum Gasteiger partial charge on any atom is -0.504 e. The highest BCUT2D eigenvalue weighted by Gasteiger charge is 2.15. The number of aromatic hydroxyl groups is 2. The van der Waals surface area contributed by atoms with E-state index in [2.05, 4.69) is 4.98 Å². The van der Waals surface area contributed by atoms with Crippen LogP contribution in [0.1, 0.15) is 6.92 Å². The van der Waals surface area contributed by atoms with Gasteiger partial charge in [0.25, 0.3) is 5.56 Å².